The minimum absolute atomic E-state index is 0.398. The molecule has 2 rings (SSSR count). The average molecular weight is 248 g/mol. The van der Waals surface area contributed by atoms with Crippen LogP contribution in [0.5, 0.6) is 5.75 Å². The van der Waals surface area contributed by atoms with Gasteiger partial charge in [-0.3, -0.25) is 0 Å². The summed E-state index contributed by atoms with van der Waals surface area (Å²) in [5, 5.41) is 10.7. The van der Waals surface area contributed by atoms with E-state index in [4.69, 9.17) is 14.9 Å². The van der Waals surface area contributed by atoms with Crippen LogP contribution in [0.1, 0.15) is 5.89 Å². The van der Waals surface area contributed by atoms with Gasteiger partial charge in [0.05, 0.1) is 6.54 Å². The molecule has 0 aliphatic carbocycles. The van der Waals surface area contributed by atoms with Crippen molar-refractivity contribution in [3.05, 3.63) is 36.2 Å². The number of benzene rings is 1. The maximum absolute atomic E-state index is 5.51. The second-order valence-corrected chi connectivity index (χ2v) is 3.63. The molecule has 0 radical (unpaired) electrons. The van der Waals surface area contributed by atoms with Crippen LogP contribution in [0.4, 0.5) is 6.01 Å². The van der Waals surface area contributed by atoms with Crippen molar-refractivity contribution in [3.63, 3.8) is 0 Å². The maximum atomic E-state index is 5.51. The molecule has 0 saturated carbocycles. The number of rotatable bonds is 7. The quantitative estimate of drug-likeness (QED) is 0.712. The molecule has 0 aliphatic rings. The minimum atomic E-state index is 0.398. The number of ether oxygens (including phenoxy) is 1. The molecule has 0 fully saturated rings. The van der Waals surface area contributed by atoms with Crippen molar-refractivity contribution in [1.82, 2.24) is 10.2 Å². The second-order valence-electron chi connectivity index (χ2n) is 3.63. The predicted molar refractivity (Wildman–Crippen MR) is 67.5 cm³/mol. The highest BCUT2D eigenvalue weighted by molar-refractivity contribution is 5.21. The molecule has 96 valence electrons. The summed E-state index contributed by atoms with van der Waals surface area (Å²) < 4.78 is 10.8. The van der Waals surface area contributed by atoms with Crippen LogP contribution < -0.4 is 15.8 Å². The first-order valence-corrected chi connectivity index (χ1v) is 5.82. The minimum Gasteiger partial charge on any atom is -0.492 e. The first-order valence-electron chi connectivity index (χ1n) is 5.82. The Kier molecular flexibility index (Phi) is 4.54. The number of nitrogens with two attached hydrogens (primary N) is 1. The lowest BCUT2D eigenvalue weighted by atomic mass is 10.3. The summed E-state index contributed by atoms with van der Waals surface area (Å²) in [4.78, 5) is 0. The molecule has 0 spiro atoms. The van der Waals surface area contributed by atoms with Crippen LogP contribution in [0.15, 0.2) is 34.7 Å². The Hall–Kier alpha value is -2.08. The lowest BCUT2D eigenvalue weighted by Crippen LogP contribution is -2.11. The number of nitrogens with zero attached hydrogens (tertiary/aromatic N) is 2. The molecule has 0 unspecified atom stereocenters. The molecule has 6 nitrogen and oxygen atoms in total. The van der Waals surface area contributed by atoms with Gasteiger partial charge in [0.15, 0.2) is 0 Å². The van der Waals surface area contributed by atoms with E-state index in [1.54, 1.807) is 0 Å². The standard InChI is InChI=1S/C12H16N4O2/c13-7-6-11-15-16-12(18-11)14-8-9-17-10-4-2-1-3-5-10/h1-5H,6-9,13H2,(H,14,16). The maximum Gasteiger partial charge on any atom is 0.315 e. The van der Waals surface area contributed by atoms with Crippen molar-refractivity contribution < 1.29 is 9.15 Å². The van der Waals surface area contributed by atoms with Gasteiger partial charge < -0.3 is 20.2 Å². The molecular formula is C12H16N4O2. The Morgan fingerprint density at radius 2 is 2.06 bits per heavy atom. The number of anilines is 1. The topological polar surface area (TPSA) is 86.2 Å². The molecule has 1 aromatic carbocycles. The Labute approximate surface area is 105 Å². The summed E-state index contributed by atoms with van der Waals surface area (Å²) in [6.45, 7) is 1.62. The van der Waals surface area contributed by atoms with Crippen molar-refractivity contribution in [1.29, 1.82) is 0 Å². The van der Waals surface area contributed by atoms with Gasteiger partial charge in [0, 0.05) is 13.0 Å². The summed E-state index contributed by atoms with van der Waals surface area (Å²) in [7, 11) is 0. The van der Waals surface area contributed by atoms with Gasteiger partial charge in [-0.15, -0.1) is 5.10 Å². The van der Waals surface area contributed by atoms with E-state index in [2.05, 4.69) is 15.5 Å². The van der Waals surface area contributed by atoms with Gasteiger partial charge in [-0.05, 0) is 12.1 Å². The van der Waals surface area contributed by atoms with Crippen LogP contribution >= 0.6 is 0 Å². The molecule has 1 aromatic heterocycles. The van der Waals surface area contributed by atoms with Crippen molar-refractivity contribution in [2.24, 2.45) is 5.73 Å². The highest BCUT2D eigenvalue weighted by Gasteiger charge is 2.03. The Bertz CT molecular complexity index is 458. The first-order chi connectivity index (χ1) is 8.88. The molecule has 18 heavy (non-hydrogen) atoms. The van der Waals surface area contributed by atoms with E-state index in [1.807, 2.05) is 30.3 Å². The zero-order valence-electron chi connectivity index (χ0n) is 10.0. The number of para-hydroxylation sites is 1. The number of aromatic nitrogens is 2. The molecule has 1 heterocycles. The van der Waals surface area contributed by atoms with Gasteiger partial charge in [-0.2, -0.15) is 0 Å². The van der Waals surface area contributed by atoms with E-state index in [-0.39, 0.29) is 0 Å². The van der Waals surface area contributed by atoms with Crippen LogP contribution in [0.3, 0.4) is 0 Å². The summed E-state index contributed by atoms with van der Waals surface area (Å²) in [5.41, 5.74) is 5.39. The molecule has 0 bridgehead atoms. The fourth-order valence-corrected chi connectivity index (χ4v) is 1.39. The highest BCUT2D eigenvalue weighted by atomic mass is 16.5. The lowest BCUT2D eigenvalue weighted by molar-refractivity contribution is 0.331. The third-order valence-electron chi connectivity index (χ3n) is 2.22. The fraction of sp³-hybridized carbons (Fsp3) is 0.333. The van der Waals surface area contributed by atoms with Crippen LogP contribution in [0.25, 0.3) is 0 Å². The van der Waals surface area contributed by atoms with Crippen LogP contribution in [-0.4, -0.2) is 29.9 Å². The first kappa shape index (κ1) is 12.4. The van der Waals surface area contributed by atoms with E-state index in [9.17, 15) is 0 Å². The van der Waals surface area contributed by atoms with Gasteiger partial charge in [0.25, 0.3) is 0 Å². The monoisotopic (exact) mass is 248 g/mol. The normalized spacial score (nSPS) is 10.3. The third kappa shape index (κ3) is 3.74. The zero-order valence-corrected chi connectivity index (χ0v) is 10.0. The smallest absolute Gasteiger partial charge is 0.315 e. The van der Waals surface area contributed by atoms with E-state index in [0.717, 1.165) is 5.75 Å². The highest BCUT2D eigenvalue weighted by Crippen LogP contribution is 2.08. The van der Waals surface area contributed by atoms with E-state index >= 15 is 0 Å². The molecular weight excluding hydrogens is 232 g/mol. The molecule has 0 aliphatic heterocycles. The Balaban J connectivity index is 1.68. The second kappa shape index (κ2) is 6.61. The van der Waals surface area contributed by atoms with Gasteiger partial charge in [-0.1, -0.05) is 23.3 Å². The number of hydrogen-bond acceptors (Lipinski definition) is 6. The molecule has 0 saturated heterocycles. The molecule has 3 N–H and O–H groups in total. The van der Waals surface area contributed by atoms with Gasteiger partial charge >= 0.3 is 6.01 Å². The van der Waals surface area contributed by atoms with Gasteiger partial charge in [0.1, 0.15) is 12.4 Å². The van der Waals surface area contributed by atoms with Crippen molar-refractivity contribution in [3.8, 4) is 5.75 Å². The summed E-state index contributed by atoms with van der Waals surface area (Å²) in [6.07, 6.45) is 0.592. The van der Waals surface area contributed by atoms with Gasteiger partial charge in [0.2, 0.25) is 5.89 Å². The largest absolute Gasteiger partial charge is 0.492 e. The third-order valence-corrected chi connectivity index (χ3v) is 2.22. The fourth-order valence-electron chi connectivity index (χ4n) is 1.39. The zero-order chi connectivity index (χ0) is 12.6. The number of hydrogen-bond donors (Lipinski definition) is 2. The van der Waals surface area contributed by atoms with Crippen molar-refractivity contribution >= 4 is 6.01 Å². The van der Waals surface area contributed by atoms with E-state index in [1.165, 1.54) is 0 Å². The van der Waals surface area contributed by atoms with E-state index in [0.29, 0.717) is 38.0 Å². The van der Waals surface area contributed by atoms with Crippen molar-refractivity contribution in [2.45, 2.75) is 6.42 Å². The molecule has 0 atom stereocenters. The summed E-state index contributed by atoms with van der Waals surface area (Å²) in [5.74, 6) is 1.39. The van der Waals surface area contributed by atoms with Gasteiger partial charge in [-0.25, -0.2) is 0 Å². The molecule has 0 amide bonds. The average Bonchev–Trinajstić information content (AvgIpc) is 2.84. The molecule has 6 heteroatoms. The predicted octanol–water partition coefficient (Wildman–Crippen LogP) is 1.06. The van der Waals surface area contributed by atoms with Crippen molar-refractivity contribution in [2.75, 3.05) is 25.0 Å². The number of nitrogens with one attached hydrogen (secondary N) is 1. The SMILES string of the molecule is NCCc1nnc(NCCOc2ccccc2)o1. The van der Waals surface area contributed by atoms with Crippen LogP contribution in [0, 0.1) is 0 Å². The van der Waals surface area contributed by atoms with Crippen LogP contribution in [0.2, 0.25) is 0 Å². The summed E-state index contributed by atoms with van der Waals surface area (Å²) >= 11 is 0. The Morgan fingerprint density at radius 1 is 1.22 bits per heavy atom. The summed E-state index contributed by atoms with van der Waals surface area (Å²) in [6, 6.07) is 10.0. The lowest BCUT2D eigenvalue weighted by Gasteiger charge is -2.05. The Morgan fingerprint density at radius 3 is 2.83 bits per heavy atom. The van der Waals surface area contributed by atoms with E-state index < -0.39 is 0 Å². The van der Waals surface area contributed by atoms with Crippen LogP contribution in [-0.2, 0) is 6.42 Å². The molecule has 2 aromatic rings.